The van der Waals surface area contributed by atoms with Crippen molar-refractivity contribution in [3.8, 4) is 0 Å². The lowest BCUT2D eigenvalue weighted by Gasteiger charge is -2.10. The fourth-order valence-corrected chi connectivity index (χ4v) is 3.37. The molecule has 0 saturated carbocycles. The number of aromatic nitrogens is 1. The summed E-state index contributed by atoms with van der Waals surface area (Å²) in [5, 5.41) is 0.666. The molecule has 0 N–H and O–H groups in total. The molecule has 1 atom stereocenters. The SMILES string of the molecule is O=Cc1c(Cl)c(C=O)n2c1[C@@H](C(=O)c1ccc(Cl)cc1)CC2. The Morgan fingerprint density at radius 2 is 1.82 bits per heavy atom. The maximum Gasteiger partial charge on any atom is 0.171 e. The van der Waals surface area contributed by atoms with Crippen LogP contribution < -0.4 is 0 Å². The van der Waals surface area contributed by atoms with E-state index in [2.05, 4.69) is 0 Å². The molecule has 0 saturated heterocycles. The number of ketones is 1. The van der Waals surface area contributed by atoms with Crippen LogP contribution in [0.15, 0.2) is 24.3 Å². The van der Waals surface area contributed by atoms with Crippen LogP contribution in [0.1, 0.15) is 49.2 Å². The predicted molar refractivity (Wildman–Crippen MR) is 83.4 cm³/mol. The molecule has 2 aromatic rings. The van der Waals surface area contributed by atoms with Crippen molar-refractivity contribution in [2.75, 3.05) is 0 Å². The number of fused-ring (bicyclic) bond motifs is 1. The van der Waals surface area contributed by atoms with Gasteiger partial charge >= 0.3 is 0 Å². The Hall–Kier alpha value is -1.91. The van der Waals surface area contributed by atoms with Crippen molar-refractivity contribution in [2.24, 2.45) is 0 Å². The quantitative estimate of drug-likeness (QED) is 0.630. The molecule has 3 rings (SSSR count). The number of rotatable bonds is 4. The van der Waals surface area contributed by atoms with Crippen LogP contribution in [0.25, 0.3) is 0 Å². The van der Waals surface area contributed by atoms with Crippen molar-refractivity contribution in [2.45, 2.75) is 18.9 Å². The molecule has 0 aliphatic carbocycles. The number of hydrogen-bond acceptors (Lipinski definition) is 3. The highest BCUT2D eigenvalue weighted by Gasteiger charge is 2.36. The predicted octanol–water partition coefficient (Wildman–Crippen LogP) is 3.79. The van der Waals surface area contributed by atoms with E-state index in [1.807, 2.05) is 0 Å². The molecule has 2 heterocycles. The second kappa shape index (κ2) is 5.71. The van der Waals surface area contributed by atoms with Gasteiger partial charge in [-0.15, -0.1) is 0 Å². The molecule has 4 nitrogen and oxygen atoms in total. The maximum atomic E-state index is 12.7. The van der Waals surface area contributed by atoms with Gasteiger partial charge in [0.15, 0.2) is 18.4 Å². The van der Waals surface area contributed by atoms with E-state index in [0.717, 1.165) is 0 Å². The first-order valence-electron chi connectivity index (χ1n) is 6.70. The number of carbonyl (C=O) groups excluding carboxylic acids is 3. The van der Waals surface area contributed by atoms with Crippen LogP contribution in [-0.2, 0) is 6.54 Å². The summed E-state index contributed by atoms with van der Waals surface area (Å²) in [6, 6.07) is 6.60. The van der Waals surface area contributed by atoms with Gasteiger partial charge in [-0.1, -0.05) is 23.2 Å². The van der Waals surface area contributed by atoms with Gasteiger partial charge in [-0.3, -0.25) is 14.4 Å². The van der Waals surface area contributed by atoms with Gasteiger partial charge in [-0.2, -0.15) is 0 Å². The molecule has 0 radical (unpaired) electrons. The normalized spacial score (nSPS) is 16.4. The van der Waals surface area contributed by atoms with Crippen molar-refractivity contribution >= 4 is 41.6 Å². The first-order valence-corrected chi connectivity index (χ1v) is 7.46. The van der Waals surface area contributed by atoms with Crippen LogP contribution in [0.5, 0.6) is 0 Å². The lowest BCUT2D eigenvalue weighted by molar-refractivity contribution is 0.0959. The van der Waals surface area contributed by atoms with E-state index < -0.39 is 5.92 Å². The number of nitrogens with zero attached hydrogens (tertiary/aromatic N) is 1. The zero-order chi connectivity index (χ0) is 15.9. The third kappa shape index (κ3) is 2.19. The Labute approximate surface area is 136 Å². The Bertz CT molecular complexity index is 778. The number of halogens is 2. The van der Waals surface area contributed by atoms with Gasteiger partial charge in [0.1, 0.15) is 5.69 Å². The monoisotopic (exact) mass is 335 g/mol. The van der Waals surface area contributed by atoms with E-state index in [1.165, 1.54) is 0 Å². The van der Waals surface area contributed by atoms with E-state index in [1.54, 1.807) is 28.8 Å². The number of Topliss-reactive ketones (excluding diaryl/α,β-unsaturated/α-hetero) is 1. The maximum absolute atomic E-state index is 12.7. The van der Waals surface area contributed by atoms with E-state index in [-0.39, 0.29) is 22.1 Å². The minimum atomic E-state index is -0.479. The van der Waals surface area contributed by atoms with Crippen molar-refractivity contribution in [3.63, 3.8) is 0 Å². The fraction of sp³-hybridized carbons (Fsp3) is 0.188. The standard InChI is InChI=1S/C16H11Cl2NO3/c17-10-3-1-9(2-4-10)16(22)11-5-6-19-13(8-21)14(18)12(7-20)15(11)19/h1-4,7-8,11H,5-6H2/t11-/m0/s1. The summed E-state index contributed by atoms with van der Waals surface area (Å²) in [6.07, 6.45) is 1.76. The first kappa shape index (κ1) is 15.0. The van der Waals surface area contributed by atoms with E-state index >= 15 is 0 Å². The van der Waals surface area contributed by atoms with Crippen molar-refractivity contribution in [3.05, 3.63) is 56.8 Å². The van der Waals surface area contributed by atoms with Crippen LogP contribution in [0, 0.1) is 0 Å². The highest BCUT2D eigenvalue weighted by molar-refractivity contribution is 6.35. The van der Waals surface area contributed by atoms with E-state index in [9.17, 15) is 14.4 Å². The molecule has 0 amide bonds. The molecule has 1 aromatic heterocycles. The van der Waals surface area contributed by atoms with Gasteiger partial charge in [0.05, 0.1) is 16.5 Å². The molecule has 22 heavy (non-hydrogen) atoms. The van der Waals surface area contributed by atoms with Crippen LogP contribution in [0.4, 0.5) is 0 Å². The van der Waals surface area contributed by atoms with Crippen molar-refractivity contribution < 1.29 is 14.4 Å². The average molecular weight is 336 g/mol. The molecular weight excluding hydrogens is 325 g/mol. The zero-order valence-corrected chi connectivity index (χ0v) is 12.9. The summed E-state index contributed by atoms with van der Waals surface area (Å²) in [6.45, 7) is 0.487. The average Bonchev–Trinajstić information content (AvgIpc) is 3.04. The molecule has 1 aromatic carbocycles. The number of hydrogen-bond donors (Lipinski definition) is 0. The highest BCUT2D eigenvalue weighted by atomic mass is 35.5. The van der Waals surface area contributed by atoms with Gasteiger partial charge in [0.25, 0.3) is 0 Å². The lowest BCUT2D eigenvalue weighted by atomic mass is 9.92. The highest BCUT2D eigenvalue weighted by Crippen LogP contribution is 2.39. The Balaban J connectivity index is 2.07. The van der Waals surface area contributed by atoms with Crippen LogP contribution in [-0.4, -0.2) is 22.9 Å². The third-order valence-corrected chi connectivity index (χ3v) is 4.61. The fourth-order valence-electron chi connectivity index (χ4n) is 2.95. The molecule has 112 valence electrons. The molecule has 0 spiro atoms. The minimum absolute atomic E-state index is 0.106. The summed E-state index contributed by atoms with van der Waals surface area (Å²) in [4.78, 5) is 35.2. The van der Waals surface area contributed by atoms with Gasteiger partial charge < -0.3 is 4.57 Å². The molecular formula is C16H11Cl2NO3. The summed E-state index contributed by atoms with van der Waals surface area (Å²) in [7, 11) is 0. The van der Waals surface area contributed by atoms with Gasteiger partial charge in [0.2, 0.25) is 0 Å². The van der Waals surface area contributed by atoms with Gasteiger partial charge in [-0.05, 0) is 30.7 Å². The summed E-state index contributed by atoms with van der Waals surface area (Å²) < 4.78 is 1.66. The van der Waals surface area contributed by atoms with Crippen LogP contribution >= 0.6 is 23.2 Å². The molecule has 0 unspecified atom stereocenters. The van der Waals surface area contributed by atoms with Crippen molar-refractivity contribution in [1.29, 1.82) is 0 Å². The molecule has 6 heteroatoms. The smallest absolute Gasteiger partial charge is 0.171 e. The van der Waals surface area contributed by atoms with E-state index in [4.69, 9.17) is 23.2 Å². The summed E-state index contributed by atoms with van der Waals surface area (Å²) in [5.41, 5.74) is 1.53. The van der Waals surface area contributed by atoms with Crippen LogP contribution in [0.2, 0.25) is 10.0 Å². The van der Waals surface area contributed by atoms with Gasteiger partial charge in [0, 0.05) is 22.8 Å². The topological polar surface area (TPSA) is 56.1 Å². The Morgan fingerprint density at radius 1 is 1.14 bits per heavy atom. The third-order valence-electron chi connectivity index (χ3n) is 3.97. The summed E-state index contributed by atoms with van der Waals surface area (Å²) >= 11 is 11.9. The molecule has 1 aliphatic heterocycles. The molecule has 0 bridgehead atoms. The second-order valence-electron chi connectivity index (χ2n) is 5.10. The lowest BCUT2D eigenvalue weighted by Crippen LogP contribution is -2.11. The number of carbonyl (C=O) groups is 3. The molecule has 0 fully saturated rings. The van der Waals surface area contributed by atoms with Crippen molar-refractivity contribution in [1.82, 2.24) is 4.57 Å². The summed E-state index contributed by atoms with van der Waals surface area (Å²) in [5.74, 6) is -0.585. The van der Waals surface area contributed by atoms with Gasteiger partial charge in [-0.25, -0.2) is 0 Å². The largest absolute Gasteiger partial charge is 0.340 e. The minimum Gasteiger partial charge on any atom is -0.340 e. The Morgan fingerprint density at radius 3 is 2.41 bits per heavy atom. The van der Waals surface area contributed by atoms with E-state index in [0.29, 0.717) is 41.8 Å². The number of benzene rings is 1. The second-order valence-corrected chi connectivity index (χ2v) is 5.91. The number of aldehydes is 2. The van der Waals surface area contributed by atoms with Crippen LogP contribution in [0.3, 0.4) is 0 Å². The zero-order valence-electron chi connectivity index (χ0n) is 11.4. The first-order chi connectivity index (χ1) is 10.6. The molecule has 1 aliphatic rings. The Kier molecular flexibility index (Phi) is 3.89.